The standard InChI is InChI=1S/C19H17N3O3/c1-13(23)15-9-5-6-10-16(15)20-19(25)17-11-12-18(24)22(21-17)14-7-3-2-4-8-14/h2-10H,11-12H2,1H3,(H,20,25). The van der Waals surface area contributed by atoms with E-state index in [4.69, 9.17) is 0 Å². The minimum absolute atomic E-state index is 0.137. The normalized spacial score (nSPS) is 14.0. The van der Waals surface area contributed by atoms with Crippen molar-refractivity contribution in [3.05, 3.63) is 60.2 Å². The van der Waals surface area contributed by atoms with Crippen LogP contribution in [0.2, 0.25) is 0 Å². The Kier molecular flexibility index (Phi) is 4.70. The number of para-hydroxylation sites is 2. The number of anilines is 2. The van der Waals surface area contributed by atoms with Gasteiger partial charge in [0.05, 0.1) is 11.4 Å². The van der Waals surface area contributed by atoms with E-state index in [1.807, 2.05) is 6.07 Å². The SMILES string of the molecule is CC(=O)c1ccccc1NC(=O)C1=NN(c2ccccc2)C(=O)CC1. The van der Waals surface area contributed by atoms with Gasteiger partial charge in [-0.05, 0) is 31.2 Å². The molecular weight excluding hydrogens is 318 g/mol. The van der Waals surface area contributed by atoms with Gasteiger partial charge < -0.3 is 5.32 Å². The largest absolute Gasteiger partial charge is 0.320 e. The van der Waals surface area contributed by atoms with Crippen LogP contribution >= 0.6 is 0 Å². The molecule has 25 heavy (non-hydrogen) atoms. The summed E-state index contributed by atoms with van der Waals surface area (Å²) in [6.07, 6.45) is 0.464. The summed E-state index contributed by atoms with van der Waals surface area (Å²) in [7, 11) is 0. The van der Waals surface area contributed by atoms with Crippen molar-refractivity contribution >= 4 is 34.7 Å². The number of carbonyl (C=O) groups is 3. The number of hydrogen-bond donors (Lipinski definition) is 1. The number of hydrogen-bond acceptors (Lipinski definition) is 4. The topological polar surface area (TPSA) is 78.8 Å². The zero-order valence-electron chi connectivity index (χ0n) is 13.7. The summed E-state index contributed by atoms with van der Waals surface area (Å²) >= 11 is 0. The van der Waals surface area contributed by atoms with Gasteiger partial charge in [-0.2, -0.15) is 5.10 Å². The molecule has 0 aliphatic carbocycles. The summed E-state index contributed by atoms with van der Waals surface area (Å²) in [5.74, 6) is -0.711. The van der Waals surface area contributed by atoms with Crippen LogP contribution in [0.3, 0.4) is 0 Å². The van der Waals surface area contributed by atoms with Gasteiger partial charge in [0.15, 0.2) is 5.78 Å². The molecule has 2 amide bonds. The summed E-state index contributed by atoms with van der Waals surface area (Å²) in [6, 6.07) is 15.8. The van der Waals surface area contributed by atoms with Gasteiger partial charge in [0.2, 0.25) is 5.91 Å². The molecule has 0 spiro atoms. The van der Waals surface area contributed by atoms with E-state index in [9.17, 15) is 14.4 Å². The monoisotopic (exact) mass is 335 g/mol. The molecule has 1 aliphatic heterocycles. The number of amides is 2. The fraction of sp³-hybridized carbons (Fsp3) is 0.158. The third-order valence-corrected chi connectivity index (χ3v) is 3.85. The second-order valence-corrected chi connectivity index (χ2v) is 5.64. The fourth-order valence-electron chi connectivity index (χ4n) is 2.58. The summed E-state index contributed by atoms with van der Waals surface area (Å²) in [4.78, 5) is 36.3. The van der Waals surface area contributed by atoms with Crippen molar-refractivity contribution < 1.29 is 14.4 Å². The smallest absolute Gasteiger partial charge is 0.271 e. The summed E-state index contributed by atoms with van der Waals surface area (Å²) in [5, 5.41) is 8.17. The molecule has 0 saturated carbocycles. The summed E-state index contributed by atoms with van der Waals surface area (Å²) in [5.41, 5.74) is 1.73. The first kappa shape index (κ1) is 16.6. The molecule has 0 fully saturated rings. The highest BCUT2D eigenvalue weighted by Gasteiger charge is 2.26. The highest BCUT2D eigenvalue weighted by atomic mass is 16.2. The molecule has 0 atom stereocenters. The lowest BCUT2D eigenvalue weighted by atomic mass is 10.1. The number of rotatable bonds is 4. The number of benzene rings is 2. The third-order valence-electron chi connectivity index (χ3n) is 3.85. The van der Waals surface area contributed by atoms with Gasteiger partial charge in [-0.1, -0.05) is 30.3 Å². The zero-order chi connectivity index (χ0) is 17.8. The van der Waals surface area contributed by atoms with Crippen LogP contribution in [0.1, 0.15) is 30.1 Å². The molecular formula is C19H17N3O3. The molecule has 2 aromatic rings. The quantitative estimate of drug-likeness (QED) is 0.872. The Hall–Kier alpha value is -3.28. The van der Waals surface area contributed by atoms with E-state index in [0.717, 1.165) is 0 Å². The lowest BCUT2D eigenvalue weighted by Gasteiger charge is -2.23. The van der Waals surface area contributed by atoms with E-state index in [2.05, 4.69) is 10.4 Å². The highest BCUT2D eigenvalue weighted by Crippen LogP contribution is 2.21. The van der Waals surface area contributed by atoms with E-state index in [0.29, 0.717) is 16.9 Å². The van der Waals surface area contributed by atoms with Crippen molar-refractivity contribution in [2.24, 2.45) is 5.10 Å². The van der Waals surface area contributed by atoms with Gasteiger partial charge >= 0.3 is 0 Å². The Morgan fingerprint density at radius 3 is 2.40 bits per heavy atom. The first-order valence-corrected chi connectivity index (χ1v) is 7.93. The Labute approximate surface area is 145 Å². The second kappa shape index (κ2) is 7.09. The van der Waals surface area contributed by atoms with Crippen LogP contribution < -0.4 is 10.3 Å². The van der Waals surface area contributed by atoms with Gasteiger partial charge in [0.1, 0.15) is 5.71 Å². The second-order valence-electron chi connectivity index (χ2n) is 5.64. The Bertz CT molecular complexity index is 859. The first-order chi connectivity index (χ1) is 12.1. The van der Waals surface area contributed by atoms with Gasteiger partial charge in [-0.15, -0.1) is 0 Å². The predicted molar refractivity (Wildman–Crippen MR) is 95.7 cm³/mol. The van der Waals surface area contributed by atoms with Crippen LogP contribution in [-0.2, 0) is 9.59 Å². The van der Waals surface area contributed by atoms with E-state index >= 15 is 0 Å². The van der Waals surface area contributed by atoms with Crippen molar-refractivity contribution in [3.63, 3.8) is 0 Å². The maximum Gasteiger partial charge on any atom is 0.271 e. The van der Waals surface area contributed by atoms with Gasteiger partial charge in [0, 0.05) is 18.4 Å². The molecule has 1 aliphatic rings. The highest BCUT2D eigenvalue weighted by molar-refractivity contribution is 6.44. The molecule has 1 N–H and O–H groups in total. The number of Topliss-reactive ketones (excluding diaryl/α,β-unsaturated/α-hetero) is 1. The minimum atomic E-state index is -0.415. The summed E-state index contributed by atoms with van der Waals surface area (Å²) < 4.78 is 0. The average Bonchev–Trinajstić information content (AvgIpc) is 2.63. The van der Waals surface area contributed by atoms with E-state index in [1.54, 1.807) is 48.5 Å². The van der Waals surface area contributed by atoms with Crippen molar-refractivity contribution in [1.29, 1.82) is 0 Å². The molecule has 1 heterocycles. The molecule has 126 valence electrons. The van der Waals surface area contributed by atoms with Crippen LogP contribution in [0, 0.1) is 0 Å². The van der Waals surface area contributed by atoms with Crippen molar-refractivity contribution in [3.8, 4) is 0 Å². The molecule has 0 radical (unpaired) electrons. The van der Waals surface area contributed by atoms with Gasteiger partial charge in [-0.25, -0.2) is 5.01 Å². The lowest BCUT2D eigenvalue weighted by molar-refractivity contribution is -0.118. The Balaban J connectivity index is 1.85. The predicted octanol–water partition coefficient (Wildman–Crippen LogP) is 3.01. The van der Waals surface area contributed by atoms with Crippen LogP contribution in [0.5, 0.6) is 0 Å². The van der Waals surface area contributed by atoms with Crippen LogP contribution in [0.25, 0.3) is 0 Å². The third kappa shape index (κ3) is 3.63. The first-order valence-electron chi connectivity index (χ1n) is 7.93. The average molecular weight is 335 g/mol. The van der Waals surface area contributed by atoms with Crippen molar-refractivity contribution in [1.82, 2.24) is 0 Å². The number of carbonyl (C=O) groups excluding carboxylic acids is 3. The van der Waals surface area contributed by atoms with Crippen LogP contribution in [-0.4, -0.2) is 23.3 Å². The lowest BCUT2D eigenvalue weighted by Crippen LogP contribution is -2.36. The molecule has 0 bridgehead atoms. The number of nitrogens with zero attached hydrogens (tertiary/aromatic N) is 2. The zero-order valence-corrected chi connectivity index (χ0v) is 13.7. The van der Waals surface area contributed by atoms with Crippen molar-refractivity contribution in [2.75, 3.05) is 10.3 Å². The molecule has 2 aromatic carbocycles. The van der Waals surface area contributed by atoms with Crippen molar-refractivity contribution in [2.45, 2.75) is 19.8 Å². The molecule has 0 saturated heterocycles. The fourth-order valence-corrected chi connectivity index (χ4v) is 2.58. The number of nitrogens with one attached hydrogen (secondary N) is 1. The minimum Gasteiger partial charge on any atom is -0.320 e. The molecule has 6 nitrogen and oxygen atoms in total. The van der Waals surface area contributed by atoms with E-state index < -0.39 is 5.91 Å². The molecule has 6 heteroatoms. The molecule has 3 rings (SSSR count). The number of hydrazone groups is 1. The van der Waals surface area contributed by atoms with Gasteiger partial charge in [0.25, 0.3) is 5.91 Å². The Morgan fingerprint density at radius 2 is 1.68 bits per heavy atom. The van der Waals surface area contributed by atoms with E-state index in [1.165, 1.54) is 11.9 Å². The van der Waals surface area contributed by atoms with Crippen LogP contribution in [0.15, 0.2) is 59.7 Å². The molecule has 0 aromatic heterocycles. The van der Waals surface area contributed by atoms with Gasteiger partial charge in [-0.3, -0.25) is 14.4 Å². The van der Waals surface area contributed by atoms with E-state index in [-0.39, 0.29) is 30.2 Å². The van der Waals surface area contributed by atoms with Crippen LogP contribution in [0.4, 0.5) is 11.4 Å². The molecule has 0 unspecified atom stereocenters. The Morgan fingerprint density at radius 1 is 1.00 bits per heavy atom. The summed E-state index contributed by atoms with van der Waals surface area (Å²) in [6.45, 7) is 1.44. The maximum absolute atomic E-state index is 12.5. The number of ketones is 1. The maximum atomic E-state index is 12.5.